The molecule has 0 atom stereocenters. The molecule has 1 N–H and O–H groups in total. The van der Waals surface area contributed by atoms with E-state index in [4.69, 9.17) is 16.3 Å². The highest BCUT2D eigenvalue weighted by atomic mass is 79.9. The van der Waals surface area contributed by atoms with E-state index in [1.807, 2.05) is 6.26 Å². The number of halogens is 2. The molecule has 0 unspecified atom stereocenters. The van der Waals surface area contributed by atoms with E-state index in [9.17, 15) is 14.7 Å². The number of imide groups is 1. The number of hydrogen-bond donors (Lipinski definition) is 1. The fraction of sp³-hybridized carbons (Fsp3) is 0.429. The Morgan fingerprint density at radius 1 is 1.41 bits per heavy atom. The molecule has 1 rings (SSSR count). The Morgan fingerprint density at radius 2 is 2.00 bits per heavy atom. The minimum atomic E-state index is -1.42. The van der Waals surface area contributed by atoms with Crippen molar-refractivity contribution in [3.05, 3.63) is 27.2 Å². The summed E-state index contributed by atoms with van der Waals surface area (Å²) in [6.07, 6.45) is -0.518. The van der Waals surface area contributed by atoms with E-state index in [0.717, 1.165) is 0 Å². The normalized spacial score (nSPS) is 11.2. The van der Waals surface area contributed by atoms with Gasteiger partial charge in [0.15, 0.2) is 0 Å². The van der Waals surface area contributed by atoms with Crippen molar-refractivity contribution in [2.45, 2.75) is 32.1 Å². The topological polar surface area (TPSA) is 66.8 Å². The van der Waals surface area contributed by atoms with Crippen molar-refractivity contribution >= 4 is 57.2 Å². The summed E-state index contributed by atoms with van der Waals surface area (Å²) in [5.74, 6) is 0.459. The van der Waals surface area contributed by atoms with Crippen molar-refractivity contribution in [3.8, 4) is 0 Å². The highest BCUT2D eigenvalue weighted by Gasteiger charge is 2.31. The van der Waals surface area contributed by atoms with Gasteiger partial charge in [0.2, 0.25) is 0 Å². The molecule has 0 spiro atoms. The van der Waals surface area contributed by atoms with Crippen molar-refractivity contribution in [3.63, 3.8) is 0 Å². The summed E-state index contributed by atoms with van der Waals surface area (Å²) in [4.78, 5) is 24.3. The standard InChI is InChI=1S/C14H17BrClNO4S/c1-14(2,3)21-13(20)17(12(18)19)10-6-5-9(15)11(16)8(10)7-22-4/h5-6H,7H2,1-4H3,(H,18,19). The molecule has 122 valence electrons. The molecule has 5 nitrogen and oxygen atoms in total. The van der Waals surface area contributed by atoms with Gasteiger partial charge in [-0.25, -0.2) is 9.59 Å². The minimum Gasteiger partial charge on any atom is -0.464 e. The number of rotatable bonds is 3. The summed E-state index contributed by atoms with van der Waals surface area (Å²) >= 11 is 11.0. The van der Waals surface area contributed by atoms with Gasteiger partial charge >= 0.3 is 12.2 Å². The van der Waals surface area contributed by atoms with Crippen LogP contribution in [0.2, 0.25) is 5.02 Å². The molecular formula is C14H17BrClNO4S. The third kappa shape index (κ3) is 4.79. The van der Waals surface area contributed by atoms with Crippen molar-refractivity contribution in [2.24, 2.45) is 0 Å². The highest BCUT2D eigenvalue weighted by molar-refractivity contribution is 9.10. The van der Waals surface area contributed by atoms with E-state index in [0.29, 0.717) is 25.7 Å². The lowest BCUT2D eigenvalue weighted by atomic mass is 10.2. The van der Waals surface area contributed by atoms with Crippen molar-refractivity contribution in [2.75, 3.05) is 11.2 Å². The van der Waals surface area contributed by atoms with Gasteiger partial charge in [-0.3, -0.25) is 0 Å². The smallest absolute Gasteiger partial charge is 0.424 e. The van der Waals surface area contributed by atoms with Gasteiger partial charge in [-0.1, -0.05) is 11.6 Å². The van der Waals surface area contributed by atoms with Crippen LogP contribution < -0.4 is 4.90 Å². The first-order valence-electron chi connectivity index (χ1n) is 6.30. The summed E-state index contributed by atoms with van der Waals surface area (Å²) in [6.45, 7) is 5.01. The quantitative estimate of drug-likeness (QED) is 0.724. The van der Waals surface area contributed by atoms with E-state index in [1.54, 1.807) is 26.8 Å². The van der Waals surface area contributed by atoms with Gasteiger partial charge in [0.05, 0.1) is 10.7 Å². The maximum Gasteiger partial charge on any atom is 0.424 e. The lowest BCUT2D eigenvalue weighted by Crippen LogP contribution is -2.40. The second-order valence-corrected chi connectivity index (χ2v) is 7.49. The maximum absolute atomic E-state index is 12.2. The van der Waals surface area contributed by atoms with Crippen LogP contribution in [0.4, 0.5) is 15.3 Å². The third-order valence-corrected chi connectivity index (χ3v) is 4.37. The van der Waals surface area contributed by atoms with Gasteiger partial charge in [0.25, 0.3) is 0 Å². The van der Waals surface area contributed by atoms with E-state index in [1.165, 1.54) is 17.8 Å². The summed E-state index contributed by atoms with van der Waals surface area (Å²) in [6, 6.07) is 3.13. The molecule has 0 saturated heterocycles. The van der Waals surface area contributed by atoms with Gasteiger partial charge in [-0.2, -0.15) is 16.7 Å². The van der Waals surface area contributed by atoms with Gasteiger partial charge in [0.1, 0.15) is 5.60 Å². The Hall–Kier alpha value is -0.920. The number of anilines is 1. The second-order valence-electron chi connectivity index (χ2n) is 5.39. The van der Waals surface area contributed by atoms with E-state index in [-0.39, 0.29) is 5.69 Å². The SMILES string of the molecule is CSCc1c(N(C(=O)O)C(=O)OC(C)(C)C)ccc(Br)c1Cl. The molecular weight excluding hydrogens is 394 g/mol. The summed E-state index contributed by atoms with van der Waals surface area (Å²) in [5.41, 5.74) is -0.0510. The van der Waals surface area contributed by atoms with E-state index < -0.39 is 17.8 Å². The largest absolute Gasteiger partial charge is 0.464 e. The molecule has 0 aliphatic rings. The minimum absolute atomic E-state index is 0.198. The van der Waals surface area contributed by atoms with Crippen LogP contribution in [0.5, 0.6) is 0 Å². The predicted octanol–water partition coefficient (Wildman–Crippen LogP) is 5.39. The molecule has 0 heterocycles. The number of carboxylic acid groups (broad SMARTS) is 1. The Bertz CT molecular complexity index is 589. The second kappa shape index (κ2) is 7.57. The zero-order valence-corrected chi connectivity index (χ0v) is 15.8. The van der Waals surface area contributed by atoms with Gasteiger partial charge in [0, 0.05) is 15.8 Å². The van der Waals surface area contributed by atoms with Crippen molar-refractivity contribution in [1.29, 1.82) is 0 Å². The van der Waals surface area contributed by atoms with Crippen molar-refractivity contribution in [1.82, 2.24) is 0 Å². The molecule has 0 saturated carbocycles. The molecule has 0 aliphatic carbocycles. The monoisotopic (exact) mass is 409 g/mol. The Labute approximate surface area is 147 Å². The molecule has 0 fully saturated rings. The van der Waals surface area contributed by atoms with Crippen LogP contribution in [0.3, 0.4) is 0 Å². The first-order chi connectivity index (χ1) is 10.1. The van der Waals surface area contributed by atoms with Gasteiger partial charge in [-0.05, 0) is 55.1 Å². The summed E-state index contributed by atoms with van der Waals surface area (Å²) in [7, 11) is 0. The number of amides is 2. The number of ether oxygens (including phenoxy) is 1. The number of hydrogen-bond acceptors (Lipinski definition) is 4. The summed E-state index contributed by atoms with van der Waals surface area (Å²) in [5, 5.41) is 9.79. The van der Waals surface area contributed by atoms with Crippen LogP contribution in [-0.2, 0) is 10.5 Å². The van der Waals surface area contributed by atoms with Crippen LogP contribution in [0.1, 0.15) is 26.3 Å². The third-order valence-electron chi connectivity index (χ3n) is 2.47. The van der Waals surface area contributed by atoms with Gasteiger partial charge in [-0.15, -0.1) is 0 Å². The first kappa shape index (κ1) is 19.1. The number of carbonyl (C=O) groups is 2. The Balaban J connectivity index is 3.36. The van der Waals surface area contributed by atoms with E-state index >= 15 is 0 Å². The predicted molar refractivity (Wildman–Crippen MR) is 93.1 cm³/mol. The molecule has 0 aliphatic heterocycles. The first-order valence-corrected chi connectivity index (χ1v) is 8.86. The molecule has 22 heavy (non-hydrogen) atoms. The lowest BCUT2D eigenvalue weighted by molar-refractivity contribution is 0.0582. The van der Waals surface area contributed by atoms with Crippen molar-refractivity contribution < 1.29 is 19.4 Å². The zero-order chi connectivity index (χ0) is 17.1. The fourth-order valence-corrected chi connectivity index (χ4v) is 2.92. The molecule has 0 bridgehead atoms. The van der Waals surface area contributed by atoms with Gasteiger partial charge < -0.3 is 9.84 Å². The Morgan fingerprint density at radius 3 is 2.45 bits per heavy atom. The molecule has 8 heteroatoms. The van der Waals surface area contributed by atoms with Crippen LogP contribution in [0.25, 0.3) is 0 Å². The Kier molecular flexibility index (Phi) is 6.58. The molecule has 0 radical (unpaired) electrons. The zero-order valence-electron chi connectivity index (χ0n) is 12.6. The number of thioether (sulfide) groups is 1. The molecule has 0 aromatic heterocycles. The number of benzene rings is 1. The number of carbonyl (C=O) groups excluding carboxylic acids is 1. The highest BCUT2D eigenvalue weighted by Crippen LogP contribution is 2.36. The van der Waals surface area contributed by atoms with E-state index in [2.05, 4.69) is 15.9 Å². The average molecular weight is 411 g/mol. The fourth-order valence-electron chi connectivity index (χ4n) is 1.66. The molecule has 1 aromatic rings. The lowest BCUT2D eigenvalue weighted by Gasteiger charge is -2.26. The van der Waals surface area contributed by atoms with Crippen LogP contribution in [0, 0.1) is 0 Å². The van der Waals surface area contributed by atoms with Crippen LogP contribution in [0.15, 0.2) is 16.6 Å². The number of nitrogens with zero attached hydrogens (tertiary/aromatic N) is 1. The molecule has 1 aromatic carbocycles. The average Bonchev–Trinajstić information content (AvgIpc) is 2.35. The van der Waals surface area contributed by atoms with Crippen LogP contribution >= 0.6 is 39.3 Å². The molecule has 2 amide bonds. The summed E-state index contributed by atoms with van der Waals surface area (Å²) < 4.78 is 5.80. The van der Waals surface area contributed by atoms with Crippen LogP contribution in [-0.4, -0.2) is 29.1 Å². The maximum atomic E-state index is 12.2.